The molecular formula is C17H16O3. The number of methoxy groups -OCH3 is 1. The summed E-state index contributed by atoms with van der Waals surface area (Å²) in [6.07, 6.45) is 0. The Hall–Kier alpha value is -2.39. The van der Waals surface area contributed by atoms with E-state index in [2.05, 4.69) is 4.74 Å². The molecule has 0 bridgehead atoms. The smallest absolute Gasteiger partial charge is 0.193 e. The molecule has 102 valence electrons. The maximum absolute atomic E-state index is 11.9. The lowest BCUT2D eigenvalue weighted by molar-refractivity contribution is 0.277. The maximum Gasteiger partial charge on any atom is 0.193 e. The lowest BCUT2D eigenvalue weighted by Gasteiger charge is -2.02. The summed E-state index contributed by atoms with van der Waals surface area (Å²) in [7, 11) is 3.25. The van der Waals surface area contributed by atoms with Crippen LogP contribution in [-0.2, 0) is 4.74 Å². The van der Waals surface area contributed by atoms with Gasteiger partial charge in [0.05, 0.1) is 5.39 Å². The number of para-hydroxylation sites is 1. The molecule has 3 nitrogen and oxygen atoms in total. The average Bonchev–Trinajstić information content (AvgIpc) is 2.49. The Bertz CT molecular complexity index is 730. The number of ether oxygens (including phenoxy) is 1. The molecule has 0 aliphatic rings. The van der Waals surface area contributed by atoms with Crippen molar-refractivity contribution in [3.05, 3.63) is 70.9 Å². The van der Waals surface area contributed by atoms with Crippen LogP contribution in [0, 0.1) is 0 Å². The van der Waals surface area contributed by atoms with Crippen LogP contribution < -0.4 is 5.43 Å². The summed E-state index contributed by atoms with van der Waals surface area (Å²) in [5, 5.41) is 0.618. The van der Waals surface area contributed by atoms with E-state index in [1.165, 1.54) is 6.07 Å². The van der Waals surface area contributed by atoms with Crippen LogP contribution in [0.2, 0.25) is 0 Å². The van der Waals surface area contributed by atoms with Crippen molar-refractivity contribution >= 4 is 11.0 Å². The summed E-state index contributed by atoms with van der Waals surface area (Å²) in [4.78, 5) is 11.9. The summed E-state index contributed by atoms with van der Waals surface area (Å²) < 4.78 is 9.98. The van der Waals surface area contributed by atoms with Crippen LogP contribution in [-0.4, -0.2) is 14.2 Å². The van der Waals surface area contributed by atoms with Gasteiger partial charge < -0.3 is 9.15 Å². The molecule has 0 spiro atoms. The normalized spacial score (nSPS) is 9.90. The molecule has 0 aliphatic heterocycles. The van der Waals surface area contributed by atoms with Gasteiger partial charge in [0, 0.05) is 25.8 Å². The van der Waals surface area contributed by atoms with Crippen LogP contribution >= 0.6 is 0 Å². The SMILES string of the molecule is COC.O=c1cc(-c2ccccc2)oc2ccccc12. The maximum atomic E-state index is 11.9. The van der Waals surface area contributed by atoms with E-state index in [0.717, 1.165) is 5.56 Å². The number of benzene rings is 2. The van der Waals surface area contributed by atoms with Gasteiger partial charge in [-0.1, -0.05) is 42.5 Å². The minimum Gasteiger partial charge on any atom is -0.456 e. The van der Waals surface area contributed by atoms with Crippen molar-refractivity contribution in [3.63, 3.8) is 0 Å². The molecule has 3 aromatic rings. The van der Waals surface area contributed by atoms with Gasteiger partial charge in [-0.15, -0.1) is 0 Å². The van der Waals surface area contributed by atoms with E-state index >= 15 is 0 Å². The van der Waals surface area contributed by atoms with Crippen molar-refractivity contribution in [3.8, 4) is 11.3 Å². The minimum absolute atomic E-state index is 0.00861. The Labute approximate surface area is 117 Å². The van der Waals surface area contributed by atoms with Crippen molar-refractivity contribution < 1.29 is 9.15 Å². The highest BCUT2D eigenvalue weighted by atomic mass is 16.4. The third-order valence-corrected chi connectivity index (χ3v) is 2.69. The van der Waals surface area contributed by atoms with Crippen molar-refractivity contribution in [2.75, 3.05) is 14.2 Å². The molecule has 0 aliphatic carbocycles. The fourth-order valence-corrected chi connectivity index (χ4v) is 1.85. The zero-order valence-electron chi connectivity index (χ0n) is 11.5. The Kier molecular flexibility index (Phi) is 4.69. The number of rotatable bonds is 1. The van der Waals surface area contributed by atoms with Gasteiger partial charge >= 0.3 is 0 Å². The summed E-state index contributed by atoms with van der Waals surface area (Å²) >= 11 is 0. The topological polar surface area (TPSA) is 39.4 Å². The van der Waals surface area contributed by atoms with Crippen molar-refractivity contribution in [2.45, 2.75) is 0 Å². The first-order valence-corrected chi connectivity index (χ1v) is 6.24. The molecule has 0 radical (unpaired) electrons. The lowest BCUT2D eigenvalue weighted by Crippen LogP contribution is -1.99. The highest BCUT2D eigenvalue weighted by Gasteiger charge is 2.05. The van der Waals surface area contributed by atoms with Crippen LogP contribution in [0.3, 0.4) is 0 Å². The van der Waals surface area contributed by atoms with Crippen LogP contribution in [0.4, 0.5) is 0 Å². The van der Waals surface area contributed by atoms with E-state index in [1.807, 2.05) is 48.5 Å². The molecule has 20 heavy (non-hydrogen) atoms. The Morgan fingerprint density at radius 1 is 0.900 bits per heavy atom. The standard InChI is InChI=1S/C15H10O2.C2H6O/c16-13-10-15(11-6-2-1-3-7-11)17-14-9-5-4-8-12(13)14;1-3-2/h1-10H;1-2H3. The first kappa shape index (κ1) is 14.0. The highest BCUT2D eigenvalue weighted by Crippen LogP contribution is 2.21. The summed E-state index contributed by atoms with van der Waals surface area (Å²) in [6, 6.07) is 18.4. The van der Waals surface area contributed by atoms with E-state index in [1.54, 1.807) is 20.3 Å². The molecule has 2 aromatic carbocycles. The van der Waals surface area contributed by atoms with Crippen molar-refractivity contribution in [1.82, 2.24) is 0 Å². The fourth-order valence-electron chi connectivity index (χ4n) is 1.85. The average molecular weight is 268 g/mol. The Morgan fingerprint density at radius 2 is 1.50 bits per heavy atom. The molecule has 3 heteroatoms. The van der Waals surface area contributed by atoms with E-state index < -0.39 is 0 Å². The monoisotopic (exact) mass is 268 g/mol. The van der Waals surface area contributed by atoms with E-state index in [-0.39, 0.29) is 5.43 Å². The number of fused-ring (bicyclic) bond motifs is 1. The second kappa shape index (κ2) is 6.68. The van der Waals surface area contributed by atoms with Crippen molar-refractivity contribution in [1.29, 1.82) is 0 Å². The van der Waals surface area contributed by atoms with Crippen LogP contribution in [0.5, 0.6) is 0 Å². The minimum atomic E-state index is -0.00861. The molecule has 1 aromatic heterocycles. The van der Waals surface area contributed by atoms with Crippen LogP contribution in [0.15, 0.2) is 69.9 Å². The zero-order chi connectivity index (χ0) is 14.4. The summed E-state index contributed by atoms with van der Waals surface area (Å²) in [5.41, 5.74) is 1.53. The van der Waals surface area contributed by atoms with Crippen LogP contribution in [0.25, 0.3) is 22.3 Å². The Morgan fingerprint density at radius 3 is 2.20 bits per heavy atom. The van der Waals surface area contributed by atoms with E-state index in [0.29, 0.717) is 16.7 Å². The third-order valence-electron chi connectivity index (χ3n) is 2.69. The zero-order valence-corrected chi connectivity index (χ0v) is 11.5. The summed E-state index contributed by atoms with van der Waals surface area (Å²) in [5.74, 6) is 0.606. The molecule has 1 heterocycles. The molecule has 0 amide bonds. The molecular weight excluding hydrogens is 252 g/mol. The first-order chi connectivity index (χ1) is 9.76. The number of hydrogen-bond donors (Lipinski definition) is 0. The molecule has 0 fully saturated rings. The van der Waals surface area contributed by atoms with Gasteiger partial charge in [-0.25, -0.2) is 0 Å². The molecule has 0 saturated carbocycles. The van der Waals surface area contributed by atoms with E-state index in [9.17, 15) is 4.79 Å². The van der Waals surface area contributed by atoms with Gasteiger partial charge in [-0.2, -0.15) is 0 Å². The molecule has 0 N–H and O–H groups in total. The van der Waals surface area contributed by atoms with E-state index in [4.69, 9.17) is 4.42 Å². The summed E-state index contributed by atoms with van der Waals surface area (Å²) in [6.45, 7) is 0. The number of hydrogen-bond acceptors (Lipinski definition) is 3. The second-order valence-corrected chi connectivity index (χ2v) is 4.25. The largest absolute Gasteiger partial charge is 0.456 e. The quantitative estimate of drug-likeness (QED) is 0.675. The third kappa shape index (κ3) is 3.13. The van der Waals surface area contributed by atoms with Crippen molar-refractivity contribution in [2.24, 2.45) is 0 Å². The fraction of sp³-hybridized carbons (Fsp3) is 0.118. The second-order valence-electron chi connectivity index (χ2n) is 4.25. The van der Waals surface area contributed by atoms with Gasteiger partial charge in [0.2, 0.25) is 0 Å². The van der Waals surface area contributed by atoms with Crippen LogP contribution in [0.1, 0.15) is 0 Å². The Balaban J connectivity index is 0.000000452. The molecule has 3 rings (SSSR count). The first-order valence-electron chi connectivity index (χ1n) is 6.24. The predicted molar refractivity (Wildman–Crippen MR) is 80.9 cm³/mol. The van der Waals surface area contributed by atoms with Gasteiger partial charge in [0.1, 0.15) is 11.3 Å². The lowest BCUT2D eigenvalue weighted by atomic mass is 10.1. The predicted octanol–water partition coefficient (Wildman–Crippen LogP) is 3.72. The van der Waals surface area contributed by atoms with Gasteiger partial charge in [0.15, 0.2) is 5.43 Å². The highest BCUT2D eigenvalue weighted by molar-refractivity contribution is 5.78. The van der Waals surface area contributed by atoms with Gasteiger partial charge in [-0.3, -0.25) is 4.79 Å². The molecule has 0 unspecified atom stereocenters. The molecule has 0 atom stereocenters. The van der Waals surface area contributed by atoms with Gasteiger partial charge in [0.25, 0.3) is 0 Å². The van der Waals surface area contributed by atoms with Gasteiger partial charge in [-0.05, 0) is 12.1 Å². The molecule has 0 saturated heterocycles.